The van der Waals surface area contributed by atoms with E-state index in [9.17, 15) is 9.59 Å². The number of H-pyrrole nitrogens is 1. The monoisotopic (exact) mass is 439 g/mol. The topological polar surface area (TPSA) is 101 Å². The Kier molecular flexibility index (Phi) is 5.10. The number of hydrogen-bond acceptors (Lipinski definition) is 5. The molecule has 3 aromatic carbocycles. The van der Waals surface area contributed by atoms with Gasteiger partial charge in [-0.2, -0.15) is 10.1 Å². The molecule has 0 aliphatic heterocycles. The van der Waals surface area contributed by atoms with E-state index in [1.54, 1.807) is 29.8 Å². The second-order valence-electron chi connectivity index (χ2n) is 7.77. The van der Waals surface area contributed by atoms with Gasteiger partial charge < -0.3 is 10.1 Å². The standard InChI is InChI=1S/C25H21N5O3/c1-15-5-3-7-17(11-15)22-23-27-25(32)20-10-9-18(13-21(20)30(23)29-28-22)24(31)26-14-16-6-4-8-19(12-16)33-2/h3-13,29H,14H2,1-2H3,(H,26,31). The summed E-state index contributed by atoms with van der Waals surface area (Å²) in [6.07, 6.45) is 0. The first-order valence-corrected chi connectivity index (χ1v) is 10.4. The van der Waals surface area contributed by atoms with Crippen molar-refractivity contribution in [1.82, 2.24) is 25.1 Å². The van der Waals surface area contributed by atoms with E-state index in [-0.39, 0.29) is 11.5 Å². The number of nitrogens with one attached hydrogen (secondary N) is 2. The molecule has 33 heavy (non-hydrogen) atoms. The Balaban J connectivity index is 1.51. The molecule has 164 valence electrons. The Morgan fingerprint density at radius 2 is 1.94 bits per heavy atom. The minimum Gasteiger partial charge on any atom is -0.497 e. The molecule has 2 heterocycles. The van der Waals surface area contributed by atoms with Gasteiger partial charge in [-0.25, -0.2) is 9.73 Å². The molecule has 0 saturated heterocycles. The second kappa shape index (κ2) is 8.23. The zero-order valence-electron chi connectivity index (χ0n) is 18.1. The summed E-state index contributed by atoms with van der Waals surface area (Å²) in [5, 5.41) is 10.6. The van der Waals surface area contributed by atoms with Crippen LogP contribution >= 0.6 is 0 Å². The molecule has 0 spiro atoms. The molecule has 0 aliphatic carbocycles. The fraction of sp³-hybridized carbons (Fsp3) is 0.120. The number of fused-ring (bicyclic) bond motifs is 3. The predicted octanol–water partition coefficient (Wildman–Crippen LogP) is 3.48. The van der Waals surface area contributed by atoms with Crippen molar-refractivity contribution in [2.45, 2.75) is 13.5 Å². The van der Waals surface area contributed by atoms with E-state index >= 15 is 0 Å². The quantitative estimate of drug-likeness (QED) is 0.437. The van der Waals surface area contributed by atoms with E-state index < -0.39 is 0 Å². The number of carbonyl (C=O) groups excluding carboxylic acids is 1. The maximum Gasteiger partial charge on any atom is 0.281 e. The summed E-state index contributed by atoms with van der Waals surface area (Å²) in [4.78, 5) is 29.8. The Hall–Kier alpha value is -4.46. The molecule has 0 radical (unpaired) electrons. The van der Waals surface area contributed by atoms with Gasteiger partial charge in [0.15, 0.2) is 5.65 Å². The average Bonchev–Trinajstić information content (AvgIpc) is 3.26. The smallest absolute Gasteiger partial charge is 0.281 e. The molecule has 0 fully saturated rings. The summed E-state index contributed by atoms with van der Waals surface area (Å²) < 4.78 is 6.86. The Morgan fingerprint density at radius 1 is 1.09 bits per heavy atom. The van der Waals surface area contributed by atoms with Crippen LogP contribution < -0.4 is 15.6 Å². The fourth-order valence-electron chi connectivity index (χ4n) is 3.82. The van der Waals surface area contributed by atoms with Gasteiger partial charge in [0, 0.05) is 17.7 Å². The van der Waals surface area contributed by atoms with Crippen LogP contribution in [0.5, 0.6) is 5.75 Å². The van der Waals surface area contributed by atoms with Crippen LogP contribution in [0, 0.1) is 6.92 Å². The van der Waals surface area contributed by atoms with E-state index in [4.69, 9.17) is 4.74 Å². The summed E-state index contributed by atoms with van der Waals surface area (Å²) in [7, 11) is 1.60. The number of methoxy groups -OCH3 is 1. The van der Waals surface area contributed by atoms with Crippen LogP contribution in [0.4, 0.5) is 0 Å². The lowest BCUT2D eigenvalue weighted by molar-refractivity contribution is 0.0951. The number of amides is 1. The number of rotatable bonds is 5. The molecule has 1 amide bonds. The van der Waals surface area contributed by atoms with E-state index in [0.29, 0.717) is 34.4 Å². The van der Waals surface area contributed by atoms with Crippen LogP contribution in [0.2, 0.25) is 0 Å². The fourth-order valence-corrected chi connectivity index (χ4v) is 3.82. The van der Waals surface area contributed by atoms with Crippen molar-refractivity contribution >= 4 is 22.5 Å². The molecule has 0 unspecified atom stereocenters. The molecule has 0 saturated carbocycles. The van der Waals surface area contributed by atoms with Crippen molar-refractivity contribution in [3.63, 3.8) is 0 Å². The summed E-state index contributed by atoms with van der Waals surface area (Å²) in [5.41, 5.74) is 4.42. The first kappa shape index (κ1) is 20.4. The van der Waals surface area contributed by atoms with Gasteiger partial charge in [0.2, 0.25) is 0 Å². The number of benzene rings is 3. The van der Waals surface area contributed by atoms with Crippen molar-refractivity contribution < 1.29 is 9.53 Å². The molecule has 0 atom stereocenters. The van der Waals surface area contributed by atoms with E-state index in [2.05, 4.69) is 20.6 Å². The largest absolute Gasteiger partial charge is 0.497 e. The van der Waals surface area contributed by atoms with Gasteiger partial charge in [-0.15, -0.1) is 0 Å². The minimum atomic E-state index is -0.372. The number of hydrogen-bond donors (Lipinski definition) is 2. The van der Waals surface area contributed by atoms with E-state index in [1.807, 2.05) is 55.5 Å². The third-order valence-corrected chi connectivity index (χ3v) is 5.50. The zero-order chi connectivity index (χ0) is 22.9. The Morgan fingerprint density at radius 3 is 2.76 bits per heavy atom. The molecule has 2 aromatic heterocycles. The number of nitrogens with zero attached hydrogens (tertiary/aromatic N) is 3. The molecule has 0 aliphatic rings. The average molecular weight is 439 g/mol. The van der Waals surface area contributed by atoms with Crippen molar-refractivity contribution in [2.24, 2.45) is 0 Å². The van der Waals surface area contributed by atoms with Gasteiger partial charge in [0.05, 0.1) is 18.0 Å². The summed E-state index contributed by atoms with van der Waals surface area (Å²) in [6, 6.07) is 20.2. The van der Waals surface area contributed by atoms with Crippen LogP contribution in [0.1, 0.15) is 21.5 Å². The molecular weight excluding hydrogens is 418 g/mol. The molecular formula is C25H21N5O3. The van der Waals surface area contributed by atoms with Gasteiger partial charge in [0.1, 0.15) is 11.4 Å². The summed E-state index contributed by atoms with van der Waals surface area (Å²) >= 11 is 0. The molecule has 0 bridgehead atoms. The van der Waals surface area contributed by atoms with Crippen LogP contribution in [0.25, 0.3) is 27.8 Å². The summed E-state index contributed by atoms with van der Waals surface area (Å²) in [6.45, 7) is 2.34. The van der Waals surface area contributed by atoms with Gasteiger partial charge in [-0.1, -0.05) is 35.9 Å². The van der Waals surface area contributed by atoms with Crippen LogP contribution in [0.3, 0.4) is 0 Å². The van der Waals surface area contributed by atoms with Gasteiger partial charge in [0.25, 0.3) is 11.5 Å². The van der Waals surface area contributed by atoms with E-state index in [0.717, 1.165) is 22.4 Å². The van der Waals surface area contributed by atoms with Gasteiger partial charge in [-0.05, 0) is 48.9 Å². The number of ether oxygens (including phenoxy) is 1. The number of carbonyl (C=O) groups is 1. The zero-order valence-corrected chi connectivity index (χ0v) is 18.1. The van der Waals surface area contributed by atoms with Crippen molar-refractivity contribution in [2.75, 3.05) is 7.11 Å². The molecule has 5 aromatic rings. The normalized spacial score (nSPS) is 11.1. The lowest BCUT2D eigenvalue weighted by Gasteiger charge is -2.08. The number of aromatic nitrogens is 4. The van der Waals surface area contributed by atoms with Crippen molar-refractivity contribution in [3.8, 4) is 17.0 Å². The van der Waals surface area contributed by atoms with Crippen molar-refractivity contribution in [3.05, 3.63) is 93.8 Å². The predicted molar refractivity (Wildman–Crippen MR) is 125 cm³/mol. The first-order chi connectivity index (χ1) is 16.0. The van der Waals surface area contributed by atoms with Crippen LogP contribution in [-0.2, 0) is 6.54 Å². The first-order valence-electron chi connectivity index (χ1n) is 10.4. The lowest BCUT2D eigenvalue weighted by Crippen LogP contribution is -2.23. The molecule has 5 rings (SSSR count). The highest BCUT2D eigenvalue weighted by molar-refractivity contribution is 5.98. The highest BCUT2D eigenvalue weighted by Crippen LogP contribution is 2.23. The Bertz CT molecular complexity index is 1570. The van der Waals surface area contributed by atoms with Crippen molar-refractivity contribution in [1.29, 1.82) is 0 Å². The molecule has 8 nitrogen and oxygen atoms in total. The maximum atomic E-state index is 12.8. The highest BCUT2D eigenvalue weighted by atomic mass is 16.5. The third kappa shape index (κ3) is 3.82. The second-order valence-corrected chi connectivity index (χ2v) is 7.77. The minimum absolute atomic E-state index is 0.254. The third-order valence-electron chi connectivity index (χ3n) is 5.50. The van der Waals surface area contributed by atoms with Gasteiger partial charge in [-0.3, -0.25) is 9.59 Å². The van der Waals surface area contributed by atoms with Gasteiger partial charge >= 0.3 is 0 Å². The Labute approximate surface area is 188 Å². The summed E-state index contributed by atoms with van der Waals surface area (Å²) in [5.74, 6) is 0.474. The highest BCUT2D eigenvalue weighted by Gasteiger charge is 2.16. The molecule has 8 heteroatoms. The number of aryl methyl sites for hydroxylation is 1. The lowest BCUT2D eigenvalue weighted by atomic mass is 10.1. The SMILES string of the molecule is COc1cccc(CNC(=O)c2ccc3c(=O)nc4c(-c5cccc(C)c5)n[nH]n4c3c2)c1. The van der Waals surface area contributed by atoms with E-state index in [1.165, 1.54) is 0 Å². The maximum absolute atomic E-state index is 12.8. The molecule has 2 N–H and O–H groups in total. The number of aromatic amines is 1. The van der Waals surface area contributed by atoms with Crippen LogP contribution in [-0.4, -0.2) is 32.8 Å². The van der Waals surface area contributed by atoms with Crippen LogP contribution in [0.15, 0.2) is 71.5 Å².